The number of nitrogens with one attached hydrogen (secondary N) is 1. The van der Waals surface area contributed by atoms with Crippen molar-refractivity contribution in [3.63, 3.8) is 0 Å². The van der Waals surface area contributed by atoms with Gasteiger partial charge in [0, 0.05) is 12.7 Å². The lowest BCUT2D eigenvalue weighted by atomic mass is 10.4. The second-order valence-electron chi connectivity index (χ2n) is 4.12. The zero-order valence-corrected chi connectivity index (χ0v) is 12.3. The van der Waals surface area contributed by atoms with E-state index in [9.17, 15) is 0 Å². The van der Waals surface area contributed by atoms with Gasteiger partial charge in [-0.3, -0.25) is 0 Å². The summed E-state index contributed by atoms with van der Waals surface area (Å²) in [7, 11) is 0. The van der Waals surface area contributed by atoms with Crippen molar-refractivity contribution in [3.8, 4) is 0 Å². The number of nitrogens with zero attached hydrogens (tertiary/aromatic N) is 4. The normalized spacial score (nSPS) is 12.4. The Morgan fingerprint density at radius 2 is 2.20 bits per heavy atom. The van der Waals surface area contributed by atoms with Gasteiger partial charge < -0.3 is 14.6 Å². The molecule has 108 valence electrons. The first-order valence-corrected chi connectivity index (χ1v) is 6.65. The molecule has 0 unspecified atom stereocenters. The molecule has 1 atom stereocenters. The molecule has 2 aromatic heterocycles. The lowest BCUT2D eigenvalue weighted by Crippen LogP contribution is -2.05. The van der Waals surface area contributed by atoms with Crippen LogP contribution in [0.15, 0.2) is 10.6 Å². The number of rotatable bonds is 6. The van der Waals surface area contributed by atoms with Crippen LogP contribution >= 0.6 is 11.6 Å². The van der Waals surface area contributed by atoms with Gasteiger partial charge in [0.15, 0.2) is 5.82 Å². The predicted molar refractivity (Wildman–Crippen MR) is 73.4 cm³/mol. The van der Waals surface area contributed by atoms with Crippen LogP contribution in [0.3, 0.4) is 0 Å². The standard InChI is InChI=1S/C12H16ClN5O2/c1-4-19-7(2)12-17-11(20-18-12)6-14-10-5-9(13)15-8(3)16-10/h5,7H,4,6H2,1-3H3,(H,14,15,16)/t7-/m0/s1. The SMILES string of the molecule is CCO[C@@H](C)c1noc(CNc2cc(Cl)nc(C)n2)n1. The molecule has 7 nitrogen and oxygen atoms in total. The third kappa shape index (κ3) is 3.88. The summed E-state index contributed by atoms with van der Waals surface area (Å²) in [4.78, 5) is 12.4. The van der Waals surface area contributed by atoms with E-state index in [1.165, 1.54) is 0 Å². The topological polar surface area (TPSA) is 86.0 Å². The summed E-state index contributed by atoms with van der Waals surface area (Å²) in [6, 6.07) is 1.63. The summed E-state index contributed by atoms with van der Waals surface area (Å²) in [5.41, 5.74) is 0. The first-order chi connectivity index (χ1) is 9.58. The minimum atomic E-state index is -0.187. The van der Waals surface area contributed by atoms with Crippen molar-refractivity contribution < 1.29 is 9.26 Å². The molecule has 1 N–H and O–H groups in total. The van der Waals surface area contributed by atoms with Crippen LogP contribution in [0.2, 0.25) is 5.15 Å². The molecule has 0 aliphatic rings. The Morgan fingerprint density at radius 3 is 2.90 bits per heavy atom. The number of aryl methyl sites for hydroxylation is 1. The lowest BCUT2D eigenvalue weighted by molar-refractivity contribution is 0.0683. The van der Waals surface area contributed by atoms with Crippen molar-refractivity contribution in [2.24, 2.45) is 0 Å². The molecule has 0 aliphatic carbocycles. The summed E-state index contributed by atoms with van der Waals surface area (Å²) in [6.07, 6.45) is -0.187. The number of hydrogen-bond donors (Lipinski definition) is 1. The summed E-state index contributed by atoms with van der Waals surface area (Å²) in [6.45, 7) is 6.52. The van der Waals surface area contributed by atoms with Crippen LogP contribution in [0.5, 0.6) is 0 Å². The molecule has 2 rings (SSSR count). The van der Waals surface area contributed by atoms with Gasteiger partial charge in [0.25, 0.3) is 0 Å². The van der Waals surface area contributed by atoms with Crippen molar-refractivity contribution in [1.82, 2.24) is 20.1 Å². The largest absolute Gasteiger partial charge is 0.371 e. The Kier molecular flexibility index (Phi) is 4.86. The molecular formula is C12H16ClN5O2. The Morgan fingerprint density at radius 1 is 1.40 bits per heavy atom. The maximum atomic E-state index is 5.85. The Labute approximate surface area is 121 Å². The number of aromatic nitrogens is 4. The van der Waals surface area contributed by atoms with Crippen LogP contribution in [-0.4, -0.2) is 26.7 Å². The van der Waals surface area contributed by atoms with E-state index in [0.717, 1.165) is 0 Å². The van der Waals surface area contributed by atoms with E-state index >= 15 is 0 Å². The molecule has 0 fully saturated rings. The molecule has 0 radical (unpaired) electrons. The lowest BCUT2D eigenvalue weighted by Gasteiger charge is -2.05. The fourth-order valence-corrected chi connectivity index (χ4v) is 1.84. The minimum absolute atomic E-state index is 0.187. The van der Waals surface area contributed by atoms with Crippen LogP contribution in [-0.2, 0) is 11.3 Å². The molecular weight excluding hydrogens is 282 g/mol. The molecule has 8 heteroatoms. The second-order valence-corrected chi connectivity index (χ2v) is 4.51. The van der Waals surface area contributed by atoms with Gasteiger partial charge in [0.2, 0.25) is 5.89 Å². The highest BCUT2D eigenvalue weighted by molar-refractivity contribution is 6.29. The zero-order chi connectivity index (χ0) is 14.5. The molecule has 2 heterocycles. The van der Waals surface area contributed by atoms with Gasteiger partial charge in [-0.15, -0.1) is 0 Å². The number of ether oxygens (including phenoxy) is 1. The van der Waals surface area contributed by atoms with Crippen LogP contribution in [0.25, 0.3) is 0 Å². The van der Waals surface area contributed by atoms with Gasteiger partial charge in [-0.05, 0) is 20.8 Å². The fraction of sp³-hybridized carbons (Fsp3) is 0.500. The van der Waals surface area contributed by atoms with Crippen LogP contribution in [0.4, 0.5) is 5.82 Å². The quantitative estimate of drug-likeness (QED) is 0.820. The molecule has 0 aliphatic heterocycles. The van der Waals surface area contributed by atoms with Gasteiger partial charge in [0.1, 0.15) is 22.9 Å². The maximum absolute atomic E-state index is 5.85. The summed E-state index contributed by atoms with van der Waals surface area (Å²) < 4.78 is 10.5. The van der Waals surface area contributed by atoms with Crippen molar-refractivity contribution >= 4 is 17.4 Å². The number of hydrogen-bond acceptors (Lipinski definition) is 7. The summed E-state index contributed by atoms with van der Waals surface area (Å²) in [5, 5.41) is 7.31. The van der Waals surface area contributed by atoms with Gasteiger partial charge in [-0.1, -0.05) is 16.8 Å². The Balaban J connectivity index is 1.97. The summed E-state index contributed by atoms with van der Waals surface area (Å²) >= 11 is 5.85. The average Bonchev–Trinajstić information content (AvgIpc) is 2.84. The van der Waals surface area contributed by atoms with Crippen LogP contribution in [0, 0.1) is 6.92 Å². The van der Waals surface area contributed by atoms with E-state index in [0.29, 0.717) is 41.7 Å². The first-order valence-electron chi connectivity index (χ1n) is 6.27. The van der Waals surface area contributed by atoms with Gasteiger partial charge in [-0.25, -0.2) is 9.97 Å². The fourth-order valence-electron chi connectivity index (χ4n) is 1.62. The molecule has 0 aromatic carbocycles. The van der Waals surface area contributed by atoms with Crippen molar-refractivity contribution in [2.45, 2.75) is 33.4 Å². The maximum Gasteiger partial charge on any atom is 0.246 e. The highest BCUT2D eigenvalue weighted by Gasteiger charge is 2.13. The summed E-state index contributed by atoms with van der Waals surface area (Å²) in [5.74, 6) is 2.19. The molecule has 0 spiro atoms. The van der Waals surface area contributed by atoms with E-state index in [4.69, 9.17) is 20.9 Å². The minimum Gasteiger partial charge on any atom is -0.371 e. The second kappa shape index (κ2) is 6.62. The van der Waals surface area contributed by atoms with Crippen molar-refractivity contribution in [1.29, 1.82) is 0 Å². The molecule has 0 amide bonds. The average molecular weight is 298 g/mol. The van der Waals surface area contributed by atoms with Crippen LogP contribution < -0.4 is 5.32 Å². The van der Waals surface area contributed by atoms with Gasteiger partial charge in [-0.2, -0.15) is 4.98 Å². The molecule has 2 aromatic rings. The molecule has 20 heavy (non-hydrogen) atoms. The third-order valence-electron chi connectivity index (χ3n) is 2.49. The monoisotopic (exact) mass is 297 g/mol. The van der Waals surface area contributed by atoms with Gasteiger partial charge in [0.05, 0.1) is 6.54 Å². The predicted octanol–water partition coefficient (Wildman–Crippen LogP) is 2.53. The van der Waals surface area contributed by atoms with E-state index in [-0.39, 0.29) is 6.10 Å². The Bertz CT molecular complexity index is 554. The van der Waals surface area contributed by atoms with E-state index in [1.54, 1.807) is 13.0 Å². The smallest absolute Gasteiger partial charge is 0.246 e. The van der Waals surface area contributed by atoms with E-state index in [2.05, 4.69) is 25.4 Å². The molecule has 0 bridgehead atoms. The first kappa shape index (κ1) is 14.7. The van der Waals surface area contributed by atoms with Gasteiger partial charge >= 0.3 is 0 Å². The molecule has 0 saturated carbocycles. The third-order valence-corrected chi connectivity index (χ3v) is 2.69. The van der Waals surface area contributed by atoms with E-state index in [1.807, 2.05) is 13.8 Å². The molecule has 0 saturated heterocycles. The number of halogens is 1. The van der Waals surface area contributed by atoms with E-state index < -0.39 is 0 Å². The van der Waals surface area contributed by atoms with Crippen LogP contribution in [0.1, 0.15) is 37.5 Å². The highest BCUT2D eigenvalue weighted by Crippen LogP contribution is 2.14. The highest BCUT2D eigenvalue weighted by atomic mass is 35.5. The number of anilines is 1. The van der Waals surface area contributed by atoms with Crippen molar-refractivity contribution in [2.75, 3.05) is 11.9 Å². The zero-order valence-electron chi connectivity index (χ0n) is 11.6. The van der Waals surface area contributed by atoms with Crippen molar-refractivity contribution in [3.05, 3.63) is 28.8 Å². The Hall–Kier alpha value is -1.73.